The van der Waals surface area contributed by atoms with E-state index in [-0.39, 0.29) is 24.4 Å². The summed E-state index contributed by atoms with van der Waals surface area (Å²) >= 11 is 0. The van der Waals surface area contributed by atoms with Crippen LogP contribution in [0, 0.1) is 6.92 Å². The van der Waals surface area contributed by atoms with Gasteiger partial charge in [-0.15, -0.1) is 0 Å². The topological polar surface area (TPSA) is 123 Å². The van der Waals surface area contributed by atoms with Crippen molar-refractivity contribution in [2.75, 3.05) is 30.3 Å². The SMILES string of the molecule is Cc1ccccc1NC(=O)Nc1ccc(CNC(C)(C)C(=O)NC2CCN(CCC(=O)O)CC2)cc1. The fourth-order valence-electron chi connectivity index (χ4n) is 4.03. The number of aryl methyl sites for hydroxylation is 1. The molecule has 0 aliphatic carbocycles. The Labute approximate surface area is 212 Å². The summed E-state index contributed by atoms with van der Waals surface area (Å²) in [6, 6.07) is 14.9. The fourth-order valence-corrected chi connectivity index (χ4v) is 4.03. The molecule has 9 nitrogen and oxygen atoms in total. The first-order valence-electron chi connectivity index (χ1n) is 12.3. The second-order valence-electron chi connectivity index (χ2n) is 9.80. The van der Waals surface area contributed by atoms with Crippen LogP contribution in [0.2, 0.25) is 0 Å². The number of hydrogen-bond acceptors (Lipinski definition) is 5. The van der Waals surface area contributed by atoms with Gasteiger partial charge in [-0.1, -0.05) is 30.3 Å². The minimum Gasteiger partial charge on any atom is -0.481 e. The predicted octanol–water partition coefficient (Wildman–Crippen LogP) is 3.56. The lowest BCUT2D eigenvalue weighted by atomic mass is 10.00. The summed E-state index contributed by atoms with van der Waals surface area (Å²) < 4.78 is 0. The zero-order chi connectivity index (χ0) is 26.1. The predicted molar refractivity (Wildman–Crippen MR) is 141 cm³/mol. The van der Waals surface area contributed by atoms with E-state index < -0.39 is 11.5 Å². The van der Waals surface area contributed by atoms with E-state index in [4.69, 9.17) is 5.11 Å². The Morgan fingerprint density at radius 3 is 2.31 bits per heavy atom. The van der Waals surface area contributed by atoms with Crippen molar-refractivity contribution in [2.45, 2.75) is 58.2 Å². The maximum Gasteiger partial charge on any atom is 0.323 e. The van der Waals surface area contributed by atoms with Gasteiger partial charge in [0.15, 0.2) is 0 Å². The molecule has 1 aliphatic heterocycles. The van der Waals surface area contributed by atoms with Crippen LogP contribution in [0.15, 0.2) is 48.5 Å². The van der Waals surface area contributed by atoms with Crippen molar-refractivity contribution < 1.29 is 19.5 Å². The first kappa shape index (κ1) is 27.2. The molecule has 9 heteroatoms. The summed E-state index contributed by atoms with van der Waals surface area (Å²) in [5.74, 6) is -0.842. The average molecular weight is 496 g/mol. The minimum atomic E-state index is -0.784. The number of hydrogen-bond donors (Lipinski definition) is 5. The molecule has 3 amide bonds. The molecule has 0 atom stereocenters. The smallest absolute Gasteiger partial charge is 0.323 e. The van der Waals surface area contributed by atoms with Gasteiger partial charge in [0, 0.05) is 43.6 Å². The standard InChI is InChI=1S/C27H37N5O4/c1-19-6-4-5-7-23(19)31-26(36)30-21-10-8-20(9-11-21)18-28-27(2,3)25(35)29-22-12-15-32(16-13-22)17-14-24(33)34/h4-11,22,28H,12-18H2,1-3H3,(H,29,35)(H,33,34)(H2,30,31,36). The molecule has 3 rings (SSSR count). The lowest BCUT2D eigenvalue weighted by Crippen LogP contribution is -2.56. The van der Waals surface area contributed by atoms with Gasteiger partial charge in [0.1, 0.15) is 0 Å². The third-order valence-corrected chi connectivity index (χ3v) is 6.47. The molecule has 2 aromatic rings. The molecule has 2 aromatic carbocycles. The van der Waals surface area contributed by atoms with Crippen molar-refractivity contribution in [3.63, 3.8) is 0 Å². The number of nitrogens with one attached hydrogen (secondary N) is 4. The maximum atomic E-state index is 12.9. The molecule has 1 fully saturated rings. The number of urea groups is 1. The molecule has 0 saturated carbocycles. The van der Waals surface area contributed by atoms with Crippen LogP contribution >= 0.6 is 0 Å². The first-order chi connectivity index (χ1) is 17.1. The number of carbonyl (C=O) groups excluding carboxylic acids is 2. The van der Waals surface area contributed by atoms with Crippen LogP contribution < -0.4 is 21.3 Å². The number of benzene rings is 2. The number of likely N-dealkylation sites (tertiary alicyclic amines) is 1. The van der Waals surface area contributed by atoms with E-state index in [0.717, 1.165) is 42.7 Å². The number of aliphatic carboxylic acids is 1. The molecule has 0 spiro atoms. The highest BCUT2D eigenvalue weighted by molar-refractivity contribution is 6.00. The molecule has 1 saturated heterocycles. The highest BCUT2D eigenvalue weighted by atomic mass is 16.4. The zero-order valence-electron chi connectivity index (χ0n) is 21.3. The van der Waals surface area contributed by atoms with Crippen LogP contribution in [0.25, 0.3) is 0 Å². The largest absolute Gasteiger partial charge is 0.481 e. The Morgan fingerprint density at radius 2 is 1.67 bits per heavy atom. The average Bonchev–Trinajstić information content (AvgIpc) is 2.84. The Balaban J connectivity index is 1.42. The van der Waals surface area contributed by atoms with Crippen LogP contribution in [0.3, 0.4) is 0 Å². The van der Waals surface area contributed by atoms with Crippen molar-refractivity contribution in [1.29, 1.82) is 0 Å². The summed E-state index contributed by atoms with van der Waals surface area (Å²) in [6.45, 7) is 8.28. The van der Waals surface area contributed by atoms with Crippen molar-refractivity contribution in [2.24, 2.45) is 0 Å². The normalized spacial score (nSPS) is 14.8. The quantitative estimate of drug-likeness (QED) is 0.344. The summed E-state index contributed by atoms with van der Waals surface area (Å²) in [4.78, 5) is 38.0. The van der Waals surface area contributed by atoms with E-state index >= 15 is 0 Å². The number of carbonyl (C=O) groups is 3. The highest BCUT2D eigenvalue weighted by Crippen LogP contribution is 2.16. The van der Waals surface area contributed by atoms with E-state index in [0.29, 0.717) is 18.8 Å². The van der Waals surface area contributed by atoms with E-state index in [9.17, 15) is 14.4 Å². The second-order valence-corrected chi connectivity index (χ2v) is 9.80. The molecule has 1 heterocycles. The van der Waals surface area contributed by atoms with Gasteiger partial charge in [0.2, 0.25) is 5.91 Å². The van der Waals surface area contributed by atoms with Gasteiger partial charge in [-0.05, 0) is 62.9 Å². The van der Waals surface area contributed by atoms with Crippen molar-refractivity contribution in [3.8, 4) is 0 Å². The molecule has 0 aromatic heterocycles. The molecule has 0 radical (unpaired) electrons. The molecule has 36 heavy (non-hydrogen) atoms. The summed E-state index contributed by atoms with van der Waals surface area (Å²) in [5.41, 5.74) is 2.66. The van der Waals surface area contributed by atoms with Gasteiger partial charge >= 0.3 is 12.0 Å². The van der Waals surface area contributed by atoms with Gasteiger partial charge in [-0.2, -0.15) is 0 Å². The zero-order valence-corrected chi connectivity index (χ0v) is 21.3. The van der Waals surface area contributed by atoms with Gasteiger partial charge in [0.25, 0.3) is 0 Å². The number of nitrogens with zero attached hydrogens (tertiary/aromatic N) is 1. The van der Waals surface area contributed by atoms with Crippen LogP contribution in [0.1, 0.15) is 44.2 Å². The Morgan fingerprint density at radius 1 is 1.00 bits per heavy atom. The van der Waals surface area contributed by atoms with Crippen molar-refractivity contribution >= 4 is 29.3 Å². The van der Waals surface area contributed by atoms with E-state index in [1.807, 2.05) is 69.3 Å². The van der Waals surface area contributed by atoms with Gasteiger partial charge in [-0.3, -0.25) is 14.9 Å². The van der Waals surface area contributed by atoms with Gasteiger partial charge < -0.3 is 26.0 Å². The number of anilines is 2. The van der Waals surface area contributed by atoms with Gasteiger partial charge in [-0.25, -0.2) is 4.79 Å². The lowest BCUT2D eigenvalue weighted by molar-refractivity contribution is -0.137. The van der Waals surface area contributed by atoms with Crippen LogP contribution in [-0.2, 0) is 16.1 Å². The monoisotopic (exact) mass is 495 g/mol. The number of piperidine rings is 1. The lowest BCUT2D eigenvalue weighted by Gasteiger charge is -2.34. The first-order valence-corrected chi connectivity index (χ1v) is 12.3. The maximum absolute atomic E-state index is 12.9. The number of para-hydroxylation sites is 1. The molecule has 1 aliphatic rings. The van der Waals surface area contributed by atoms with Crippen LogP contribution in [0.4, 0.5) is 16.2 Å². The van der Waals surface area contributed by atoms with Gasteiger partial charge in [0.05, 0.1) is 12.0 Å². The summed E-state index contributed by atoms with van der Waals surface area (Å²) in [5, 5.41) is 21.0. The van der Waals surface area contributed by atoms with E-state index in [1.54, 1.807) is 0 Å². The molecular formula is C27H37N5O4. The van der Waals surface area contributed by atoms with Crippen molar-refractivity contribution in [1.82, 2.24) is 15.5 Å². The number of rotatable bonds is 10. The number of amides is 3. The fraction of sp³-hybridized carbons (Fsp3) is 0.444. The Kier molecular flexibility index (Phi) is 9.44. The third-order valence-electron chi connectivity index (χ3n) is 6.47. The number of carboxylic acid groups (broad SMARTS) is 1. The second kappa shape index (κ2) is 12.5. The van der Waals surface area contributed by atoms with E-state index in [1.165, 1.54) is 0 Å². The minimum absolute atomic E-state index is 0.0577. The summed E-state index contributed by atoms with van der Waals surface area (Å²) in [7, 11) is 0. The van der Waals surface area contributed by atoms with Crippen LogP contribution in [-0.4, -0.2) is 59.1 Å². The van der Waals surface area contributed by atoms with E-state index in [2.05, 4.69) is 26.2 Å². The third kappa shape index (κ3) is 8.35. The van der Waals surface area contributed by atoms with Crippen LogP contribution in [0.5, 0.6) is 0 Å². The molecular weight excluding hydrogens is 458 g/mol. The summed E-state index contributed by atoms with van der Waals surface area (Å²) in [6.07, 6.45) is 1.77. The Bertz CT molecular complexity index is 1050. The molecule has 5 N–H and O–H groups in total. The molecule has 0 bridgehead atoms. The Hall–Kier alpha value is -3.43. The molecule has 0 unspecified atom stereocenters. The van der Waals surface area contributed by atoms with Crippen molar-refractivity contribution in [3.05, 3.63) is 59.7 Å². The number of carboxylic acids is 1. The molecule has 194 valence electrons. The highest BCUT2D eigenvalue weighted by Gasteiger charge is 2.30.